The van der Waals surface area contributed by atoms with E-state index in [1.807, 2.05) is 48.5 Å². The van der Waals surface area contributed by atoms with Gasteiger partial charge in [-0.1, -0.05) is 38.1 Å². The van der Waals surface area contributed by atoms with Crippen molar-refractivity contribution in [1.82, 2.24) is 4.98 Å². The molecular weight excluding hydrogens is 362 g/mol. The van der Waals surface area contributed by atoms with E-state index in [0.717, 1.165) is 30.2 Å². The maximum absolute atomic E-state index is 12.4. The smallest absolute Gasteiger partial charge is 0.257 e. The molecule has 1 amide bonds. The lowest BCUT2D eigenvalue weighted by Crippen LogP contribution is -2.13. The van der Waals surface area contributed by atoms with E-state index in [4.69, 9.17) is 4.74 Å². The molecule has 0 unspecified atom stereocenters. The van der Waals surface area contributed by atoms with Crippen LogP contribution < -0.4 is 15.4 Å². The summed E-state index contributed by atoms with van der Waals surface area (Å²) in [6.45, 7) is 5.03. The molecule has 3 aromatic rings. The van der Waals surface area contributed by atoms with Crippen molar-refractivity contribution >= 4 is 17.4 Å². The van der Waals surface area contributed by atoms with Crippen molar-refractivity contribution in [3.8, 4) is 5.75 Å². The highest BCUT2D eigenvalue weighted by Gasteiger charge is 2.07. The van der Waals surface area contributed by atoms with Crippen molar-refractivity contribution in [2.24, 2.45) is 0 Å². The zero-order valence-corrected chi connectivity index (χ0v) is 17.1. The van der Waals surface area contributed by atoms with Crippen molar-refractivity contribution in [2.75, 3.05) is 24.3 Å². The maximum Gasteiger partial charge on any atom is 0.257 e. The van der Waals surface area contributed by atoms with E-state index in [9.17, 15) is 4.79 Å². The van der Waals surface area contributed by atoms with E-state index in [1.54, 1.807) is 19.4 Å². The lowest BCUT2D eigenvalue weighted by atomic mass is 10.0. The molecule has 1 heterocycles. The first-order valence-corrected chi connectivity index (χ1v) is 9.79. The summed E-state index contributed by atoms with van der Waals surface area (Å²) in [7, 11) is 1.67. The molecule has 0 atom stereocenters. The van der Waals surface area contributed by atoms with Crippen LogP contribution in [0.2, 0.25) is 0 Å². The highest BCUT2D eigenvalue weighted by Crippen LogP contribution is 2.18. The Kier molecular flexibility index (Phi) is 6.85. The lowest BCUT2D eigenvalue weighted by Gasteiger charge is -2.09. The monoisotopic (exact) mass is 389 g/mol. The molecule has 3 rings (SSSR count). The highest BCUT2D eigenvalue weighted by molar-refractivity contribution is 6.04. The zero-order chi connectivity index (χ0) is 20.6. The van der Waals surface area contributed by atoms with Gasteiger partial charge in [0.15, 0.2) is 0 Å². The summed E-state index contributed by atoms with van der Waals surface area (Å²) < 4.78 is 5.24. The molecule has 0 aliphatic heterocycles. The first-order valence-electron chi connectivity index (χ1n) is 9.79. The van der Waals surface area contributed by atoms with Gasteiger partial charge < -0.3 is 15.4 Å². The Morgan fingerprint density at radius 3 is 2.52 bits per heavy atom. The molecule has 0 spiro atoms. The molecule has 2 aromatic carbocycles. The molecule has 2 N–H and O–H groups in total. The van der Waals surface area contributed by atoms with Crippen molar-refractivity contribution in [2.45, 2.75) is 26.2 Å². The number of nitrogens with zero attached hydrogens (tertiary/aromatic N) is 1. The molecule has 0 saturated heterocycles. The molecule has 150 valence electrons. The number of anilines is 2. The fourth-order valence-electron chi connectivity index (χ4n) is 2.95. The SMILES string of the molecule is COc1cccc(CCNc2ccc(C(=O)Nc3ccc(C(C)C)cc3)cn2)c1. The number of aromatic nitrogens is 1. The van der Waals surface area contributed by atoms with Gasteiger partial charge in [0.2, 0.25) is 0 Å². The van der Waals surface area contributed by atoms with E-state index in [2.05, 4.69) is 35.5 Å². The molecule has 0 saturated carbocycles. The molecule has 0 bridgehead atoms. The van der Waals surface area contributed by atoms with Gasteiger partial charge >= 0.3 is 0 Å². The van der Waals surface area contributed by atoms with Gasteiger partial charge in [0.05, 0.1) is 12.7 Å². The van der Waals surface area contributed by atoms with E-state index >= 15 is 0 Å². The molecule has 0 radical (unpaired) electrons. The van der Waals surface area contributed by atoms with Crippen molar-refractivity contribution < 1.29 is 9.53 Å². The minimum atomic E-state index is -0.169. The van der Waals surface area contributed by atoms with E-state index in [-0.39, 0.29) is 5.91 Å². The van der Waals surface area contributed by atoms with Crippen LogP contribution in [0, 0.1) is 0 Å². The topological polar surface area (TPSA) is 63.2 Å². The van der Waals surface area contributed by atoms with Gasteiger partial charge in [-0.15, -0.1) is 0 Å². The van der Waals surface area contributed by atoms with E-state index in [0.29, 0.717) is 11.5 Å². The summed E-state index contributed by atoms with van der Waals surface area (Å²) in [6, 6.07) is 19.5. The maximum atomic E-state index is 12.4. The second-order valence-corrected chi connectivity index (χ2v) is 7.19. The number of benzene rings is 2. The molecule has 29 heavy (non-hydrogen) atoms. The molecule has 0 aliphatic carbocycles. The van der Waals surface area contributed by atoms with Crippen molar-refractivity contribution in [1.29, 1.82) is 0 Å². The van der Waals surface area contributed by atoms with Crippen LogP contribution in [-0.2, 0) is 6.42 Å². The Morgan fingerprint density at radius 2 is 1.86 bits per heavy atom. The average Bonchev–Trinajstić information content (AvgIpc) is 2.74. The van der Waals surface area contributed by atoms with Gasteiger partial charge in [-0.25, -0.2) is 4.98 Å². The molecule has 0 aliphatic rings. The molecule has 1 aromatic heterocycles. The third-order valence-corrected chi connectivity index (χ3v) is 4.71. The number of amides is 1. The highest BCUT2D eigenvalue weighted by atomic mass is 16.5. The zero-order valence-electron chi connectivity index (χ0n) is 17.1. The standard InChI is InChI=1S/C24H27N3O2/c1-17(2)19-7-10-21(11-8-19)27-24(28)20-9-12-23(26-16-20)25-14-13-18-5-4-6-22(15-18)29-3/h4-12,15-17H,13-14H2,1-3H3,(H,25,26)(H,27,28). The Labute approximate surface area is 172 Å². The number of hydrogen-bond donors (Lipinski definition) is 2. The summed E-state index contributed by atoms with van der Waals surface area (Å²) in [4.78, 5) is 16.8. The van der Waals surface area contributed by atoms with Gasteiger partial charge in [0.25, 0.3) is 5.91 Å². The quantitative estimate of drug-likeness (QED) is 0.561. The first-order chi connectivity index (χ1) is 14.0. The van der Waals surface area contributed by atoms with Crippen LogP contribution in [-0.4, -0.2) is 24.5 Å². The number of methoxy groups -OCH3 is 1. The third-order valence-electron chi connectivity index (χ3n) is 4.71. The van der Waals surface area contributed by atoms with Gasteiger partial charge in [0.1, 0.15) is 11.6 Å². The number of pyridine rings is 1. The minimum Gasteiger partial charge on any atom is -0.497 e. The predicted octanol–water partition coefficient (Wildman–Crippen LogP) is 5.12. The van der Waals surface area contributed by atoms with E-state index in [1.165, 1.54) is 11.1 Å². The van der Waals surface area contributed by atoms with Crippen molar-refractivity contribution in [3.05, 3.63) is 83.6 Å². The Bertz CT molecular complexity index is 935. The second kappa shape index (κ2) is 9.73. The number of rotatable bonds is 8. The van der Waals surface area contributed by atoms with Crippen LogP contribution in [0.1, 0.15) is 41.3 Å². The lowest BCUT2D eigenvalue weighted by molar-refractivity contribution is 0.102. The molecule has 5 heteroatoms. The minimum absolute atomic E-state index is 0.169. The molecule has 0 fully saturated rings. The van der Waals surface area contributed by atoms with Crippen LogP contribution in [0.25, 0.3) is 0 Å². The summed E-state index contributed by atoms with van der Waals surface area (Å²) in [5.41, 5.74) is 3.74. The summed E-state index contributed by atoms with van der Waals surface area (Å²) in [5, 5.41) is 6.19. The number of hydrogen-bond acceptors (Lipinski definition) is 4. The number of carbonyl (C=O) groups is 1. The van der Waals surface area contributed by atoms with E-state index < -0.39 is 0 Å². The van der Waals surface area contributed by atoms with Crippen molar-refractivity contribution in [3.63, 3.8) is 0 Å². The third kappa shape index (κ3) is 5.82. The van der Waals surface area contributed by atoms with Gasteiger partial charge in [-0.3, -0.25) is 4.79 Å². The normalized spacial score (nSPS) is 10.6. The van der Waals surface area contributed by atoms with Crippen LogP contribution in [0.4, 0.5) is 11.5 Å². The fraction of sp³-hybridized carbons (Fsp3) is 0.250. The van der Waals surface area contributed by atoms with Crippen LogP contribution in [0.15, 0.2) is 66.9 Å². The Hall–Kier alpha value is -3.34. The van der Waals surface area contributed by atoms with Crippen LogP contribution in [0.3, 0.4) is 0 Å². The summed E-state index contributed by atoms with van der Waals surface area (Å²) in [5.74, 6) is 1.89. The van der Waals surface area contributed by atoms with Gasteiger partial charge in [0, 0.05) is 18.4 Å². The fourth-order valence-corrected chi connectivity index (χ4v) is 2.95. The average molecular weight is 389 g/mol. The largest absolute Gasteiger partial charge is 0.497 e. The predicted molar refractivity (Wildman–Crippen MR) is 118 cm³/mol. The first kappa shape index (κ1) is 20.4. The summed E-state index contributed by atoms with van der Waals surface area (Å²) in [6.07, 6.45) is 2.44. The second-order valence-electron chi connectivity index (χ2n) is 7.19. The van der Waals surface area contributed by atoms with Gasteiger partial charge in [-0.05, 0) is 59.9 Å². The van der Waals surface area contributed by atoms with Crippen LogP contribution >= 0.6 is 0 Å². The molecular formula is C24H27N3O2. The Morgan fingerprint density at radius 1 is 1.07 bits per heavy atom. The number of carbonyl (C=O) groups excluding carboxylic acids is 1. The molecule has 5 nitrogen and oxygen atoms in total. The number of nitrogens with one attached hydrogen (secondary N) is 2. The van der Waals surface area contributed by atoms with Gasteiger partial charge in [-0.2, -0.15) is 0 Å². The Balaban J connectivity index is 1.51. The van der Waals surface area contributed by atoms with Crippen LogP contribution in [0.5, 0.6) is 5.75 Å². The summed E-state index contributed by atoms with van der Waals surface area (Å²) >= 11 is 0. The number of ether oxygens (including phenoxy) is 1.